The Labute approximate surface area is 334 Å². The smallest absolute Gasteiger partial charge is 0.227 e. The summed E-state index contributed by atoms with van der Waals surface area (Å²) in [5.41, 5.74) is 12.5. The lowest BCUT2D eigenvalue weighted by molar-refractivity contribution is 0.620. The minimum Gasteiger partial charge on any atom is -0.434 e. The molecule has 0 spiro atoms. The van der Waals surface area contributed by atoms with Crippen molar-refractivity contribution in [2.75, 3.05) is 4.90 Å². The van der Waals surface area contributed by atoms with E-state index in [2.05, 4.69) is 193 Å². The van der Waals surface area contributed by atoms with E-state index in [1.54, 1.807) is 11.3 Å². The molecule has 0 atom stereocenters. The highest BCUT2D eigenvalue weighted by Gasteiger charge is 2.26. The van der Waals surface area contributed by atoms with Crippen LogP contribution >= 0.6 is 11.3 Å². The standard InChI is InChI=1S/C53H34N2OS/c1-4-15-35(16-5-1)40-23-14-24-42(32-40)55(43-29-30-44(46(33-43)37-18-6-2-7-19-37)41-28-27-36-17-10-11-22-39(36)31-41)50-51-48(54-53(56-51)38-20-8-3-9-21-38)34-47-45-25-12-13-26-49(45)57-52(47)50/h1-34H. The Morgan fingerprint density at radius 3 is 1.89 bits per heavy atom. The summed E-state index contributed by atoms with van der Waals surface area (Å²) in [7, 11) is 0. The number of fused-ring (bicyclic) bond motifs is 5. The second kappa shape index (κ2) is 13.8. The first-order valence-electron chi connectivity index (χ1n) is 19.2. The van der Waals surface area contributed by atoms with Crippen LogP contribution in [-0.2, 0) is 0 Å². The number of hydrogen-bond acceptors (Lipinski definition) is 4. The van der Waals surface area contributed by atoms with Crippen LogP contribution in [0.4, 0.5) is 17.1 Å². The normalized spacial score (nSPS) is 11.5. The van der Waals surface area contributed by atoms with Crippen molar-refractivity contribution in [3.63, 3.8) is 0 Å². The second-order valence-electron chi connectivity index (χ2n) is 14.3. The summed E-state index contributed by atoms with van der Waals surface area (Å²) < 4.78 is 9.30. The number of anilines is 3. The quantitative estimate of drug-likeness (QED) is 0.163. The molecule has 0 saturated heterocycles. The third-order valence-corrected chi connectivity index (χ3v) is 12.1. The summed E-state index contributed by atoms with van der Waals surface area (Å²) >= 11 is 1.80. The molecule has 0 bridgehead atoms. The molecule has 0 amide bonds. The molecule has 0 N–H and O–H groups in total. The van der Waals surface area contributed by atoms with Gasteiger partial charge in [-0.25, -0.2) is 4.98 Å². The van der Waals surface area contributed by atoms with Gasteiger partial charge in [0.05, 0.1) is 4.70 Å². The third kappa shape index (κ3) is 5.86. The van der Waals surface area contributed by atoms with Crippen LogP contribution in [0.1, 0.15) is 0 Å². The molecule has 4 heteroatoms. The lowest BCUT2D eigenvalue weighted by atomic mass is 9.92. The van der Waals surface area contributed by atoms with E-state index in [0.29, 0.717) is 5.89 Å². The average Bonchev–Trinajstić information content (AvgIpc) is 3.89. The lowest BCUT2D eigenvalue weighted by Crippen LogP contribution is -2.11. The Morgan fingerprint density at radius 2 is 1.09 bits per heavy atom. The predicted octanol–water partition coefficient (Wildman–Crippen LogP) is 15.5. The van der Waals surface area contributed by atoms with E-state index in [-0.39, 0.29) is 0 Å². The van der Waals surface area contributed by atoms with Crippen molar-refractivity contribution < 1.29 is 4.42 Å². The number of rotatable bonds is 7. The topological polar surface area (TPSA) is 29.3 Å². The van der Waals surface area contributed by atoms with E-state index in [1.807, 2.05) is 18.2 Å². The number of benzene rings is 9. The molecule has 0 aliphatic heterocycles. The van der Waals surface area contributed by atoms with Crippen LogP contribution in [0, 0.1) is 0 Å². The SMILES string of the molecule is c1ccc(-c2cccc(N(c3ccc(-c4ccc5ccccc5c4)c(-c4ccccc4)c3)c3c4oc(-c5ccccc5)nc4cc4c3sc3ccccc34)c2)cc1. The summed E-state index contributed by atoms with van der Waals surface area (Å²) in [5.74, 6) is 0.600. The Bertz CT molecular complexity index is 3240. The molecule has 0 saturated carbocycles. The first-order chi connectivity index (χ1) is 28.2. The molecular formula is C53H34N2OS. The molecule has 0 fully saturated rings. The van der Waals surface area contributed by atoms with Crippen LogP contribution in [0.5, 0.6) is 0 Å². The van der Waals surface area contributed by atoms with Gasteiger partial charge in [-0.1, -0.05) is 152 Å². The van der Waals surface area contributed by atoms with Gasteiger partial charge in [0.25, 0.3) is 0 Å². The summed E-state index contributed by atoms with van der Waals surface area (Å²) in [4.78, 5) is 7.56. The number of oxazole rings is 1. The maximum absolute atomic E-state index is 6.93. The average molecular weight is 747 g/mol. The summed E-state index contributed by atoms with van der Waals surface area (Å²) in [6.45, 7) is 0. The molecule has 2 heterocycles. The van der Waals surface area contributed by atoms with Crippen molar-refractivity contribution in [1.82, 2.24) is 4.98 Å². The molecule has 0 unspecified atom stereocenters. The van der Waals surface area contributed by atoms with Crippen LogP contribution < -0.4 is 4.90 Å². The molecule has 11 rings (SSSR count). The zero-order valence-corrected chi connectivity index (χ0v) is 31.7. The molecule has 268 valence electrons. The van der Waals surface area contributed by atoms with Crippen molar-refractivity contribution in [3.05, 3.63) is 206 Å². The monoisotopic (exact) mass is 746 g/mol. The predicted molar refractivity (Wildman–Crippen MR) is 241 cm³/mol. The molecule has 0 radical (unpaired) electrons. The van der Waals surface area contributed by atoms with Crippen LogP contribution in [0.3, 0.4) is 0 Å². The van der Waals surface area contributed by atoms with Crippen LogP contribution in [0.25, 0.3) is 86.9 Å². The van der Waals surface area contributed by atoms with Gasteiger partial charge < -0.3 is 9.32 Å². The van der Waals surface area contributed by atoms with Gasteiger partial charge in [0.2, 0.25) is 5.89 Å². The maximum atomic E-state index is 6.93. The largest absolute Gasteiger partial charge is 0.434 e. The Morgan fingerprint density at radius 1 is 0.421 bits per heavy atom. The summed E-state index contributed by atoms with van der Waals surface area (Å²) in [6.07, 6.45) is 0. The molecule has 9 aromatic carbocycles. The van der Waals surface area contributed by atoms with Crippen LogP contribution in [0.2, 0.25) is 0 Å². The molecular weight excluding hydrogens is 713 g/mol. The van der Waals surface area contributed by atoms with E-state index in [4.69, 9.17) is 9.40 Å². The Kier molecular flexibility index (Phi) is 8.01. The fourth-order valence-corrected chi connectivity index (χ4v) is 9.34. The molecule has 2 aromatic heterocycles. The van der Waals surface area contributed by atoms with Gasteiger partial charge in [-0.3, -0.25) is 0 Å². The first-order valence-corrected chi connectivity index (χ1v) is 20.0. The number of thiophene rings is 1. The third-order valence-electron chi connectivity index (χ3n) is 10.9. The van der Waals surface area contributed by atoms with E-state index in [0.717, 1.165) is 66.1 Å². The minimum absolute atomic E-state index is 0.600. The number of nitrogens with zero attached hydrogens (tertiary/aromatic N) is 2. The summed E-state index contributed by atoms with van der Waals surface area (Å²) in [6, 6.07) is 73.5. The van der Waals surface area contributed by atoms with Gasteiger partial charge in [0.1, 0.15) is 11.2 Å². The van der Waals surface area contributed by atoms with Gasteiger partial charge >= 0.3 is 0 Å². The minimum atomic E-state index is 0.600. The fourth-order valence-electron chi connectivity index (χ4n) is 8.13. The zero-order valence-electron chi connectivity index (χ0n) is 30.8. The highest BCUT2D eigenvalue weighted by molar-refractivity contribution is 7.26. The van der Waals surface area contributed by atoms with Gasteiger partial charge in [0.15, 0.2) is 5.58 Å². The van der Waals surface area contributed by atoms with E-state index in [9.17, 15) is 0 Å². The highest BCUT2D eigenvalue weighted by atomic mass is 32.1. The maximum Gasteiger partial charge on any atom is 0.227 e. The molecule has 11 aromatic rings. The van der Waals surface area contributed by atoms with Crippen molar-refractivity contribution in [1.29, 1.82) is 0 Å². The Balaban J connectivity index is 1.22. The molecule has 3 nitrogen and oxygen atoms in total. The van der Waals surface area contributed by atoms with Gasteiger partial charge in [-0.2, -0.15) is 0 Å². The molecule has 0 aliphatic rings. The number of aromatic nitrogens is 1. The van der Waals surface area contributed by atoms with Crippen molar-refractivity contribution in [3.8, 4) is 44.8 Å². The second-order valence-corrected chi connectivity index (χ2v) is 15.4. The zero-order chi connectivity index (χ0) is 37.7. The van der Waals surface area contributed by atoms with E-state index >= 15 is 0 Å². The van der Waals surface area contributed by atoms with Crippen molar-refractivity contribution in [2.45, 2.75) is 0 Å². The van der Waals surface area contributed by atoms with Crippen molar-refractivity contribution in [2.24, 2.45) is 0 Å². The van der Waals surface area contributed by atoms with Crippen molar-refractivity contribution >= 4 is 70.4 Å². The molecule has 57 heavy (non-hydrogen) atoms. The Hall–Kier alpha value is -7.27. The van der Waals surface area contributed by atoms with E-state index in [1.165, 1.54) is 32.0 Å². The van der Waals surface area contributed by atoms with Crippen LogP contribution in [0.15, 0.2) is 211 Å². The van der Waals surface area contributed by atoms with Crippen LogP contribution in [-0.4, -0.2) is 4.98 Å². The van der Waals surface area contributed by atoms with Gasteiger partial charge in [-0.15, -0.1) is 11.3 Å². The van der Waals surface area contributed by atoms with Gasteiger partial charge in [-0.05, 0) is 98.8 Å². The lowest BCUT2D eigenvalue weighted by Gasteiger charge is -2.28. The van der Waals surface area contributed by atoms with E-state index < -0.39 is 0 Å². The highest BCUT2D eigenvalue weighted by Crippen LogP contribution is 2.51. The number of hydrogen-bond donors (Lipinski definition) is 0. The fraction of sp³-hybridized carbons (Fsp3) is 0. The molecule has 0 aliphatic carbocycles. The first kappa shape index (κ1) is 33.1. The van der Waals surface area contributed by atoms with Gasteiger partial charge in [0, 0.05) is 32.4 Å². The summed E-state index contributed by atoms with van der Waals surface area (Å²) in [5, 5.41) is 4.81.